The molecular formula is C18H16ClF3N2O4. The number of hydrogen-bond donors (Lipinski definition) is 1. The summed E-state index contributed by atoms with van der Waals surface area (Å²) in [5, 5.41) is 1.77. The van der Waals surface area contributed by atoms with Crippen molar-refractivity contribution in [3.05, 3.63) is 52.2 Å². The Morgan fingerprint density at radius 1 is 1.11 bits per heavy atom. The van der Waals surface area contributed by atoms with Gasteiger partial charge in [0.1, 0.15) is 5.75 Å². The molecule has 2 rings (SSSR count). The third-order valence-electron chi connectivity index (χ3n) is 3.34. The maximum absolute atomic E-state index is 12.6. The fourth-order valence-electron chi connectivity index (χ4n) is 2.20. The quantitative estimate of drug-likeness (QED) is 0.722. The molecule has 1 heterocycles. The van der Waals surface area contributed by atoms with Gasteiger partial charge in [-0.3, -0.25) is 4.79 Å². The lowest BCUT2D eigenvalue weighted by Crippen LogP contribution is -2.24. The minimum absolute atomic E-state index is 0.276. The number of rotatable bonds is 6. The van der Waals surface area contributed by atoms with Crippen LogP contribution in [0.25, 0.3) is 0 Å². The Hall–Kier alpha value is -2.81. The zero-order valence-electron chi connectivity index (χ0n) is 14.9. The average Bonchev–Trinajstić information content (AvgIpc) is 2.58. The molecule has 1 amide bonds. The molecule has 0 radical (unpaired) electrons. The van der Waals surface area contributed by atoms with E-state index in [2.05, 4.69) is 10.3 Å². The van der Waals surface area contributed by atoms with Crippen molar-refractivity contribution >= 4 is 29.3 Å². The molecule has 0 spiro atoms. The molecule has 0 aliphatic heterocycles. The van der Waals surface area contributed by atoms with Gasteiger partial charge in [-0.2, -0.15) is 13.2 Å². The first-order valence-corrected chi connectivity index (χ1v) is 8.31. The second-order valence-corrected chi connectivity index (χ2v) is 6.28. The van der Waals surface area contributed by atoms with Crippen LogP contribution >= 0.6 is 11.6 Å². The monoisotopic (exact) mass is 416 g/mol. The number of pyridine rings is 1. The molecular weight excluding hydrogens is 401 g/mol. The fraction of sp³-hybridized carbons (Fsp3) is 0.278. The molecule has 0 aliphatic rings. The van der Waals surface area contributed by atoms with Gasteiger partial charge >= 0.3 is 12.1 Å². The molecule has 0 unspecified atom stereocenters. The van der Waals surface area contributed by atoms with Crippen LogP contribution in [-0.4, -0.2) is 30.1 Å². The zero-order chi connectivity index (χ0) is 20.9. The van der Waals surface area contributed by atoms with E-state index in [1.165, 1.54) is 0 Å². The lowest BCUT2D eigenvalue weighted by atomic mass is 10.1. The van der Waals surface area contributed by atoms with Crippen molar-refractivity contribution in [2.24, 2.45) is 0 Å². The summed E-state index contributed by atoms with van der Waals surface area (Å²) in [6.07, 6.45) is -4.07. The van der Waals surface area contributed by atoms with Gasteiger partial charge in [-0.25, -0.2) is 9.78 Å². The predicted octanol–water partition coefficient (Wildman–Crippen LogP) is 3.93. The molecule has 0 aliphatic carbocycles. The fourth-order valence-corrected chi connectivity index (χ4v) is 2.41. The Balaban J connectivity index is 1.82. The van der Waals surface area contributed by atoms with Crippen LogP contribution in [0.2, 0.25) is 5.02 Å². The summed E-state index contributed by atoms with van der Waals surface area (Å²) in [4.78, 5) is 26.9. The second-order valence-electron chi connectivity index (χ2n) is 5.87. The topological polar surface area (TPSA) is 77.5 Å². The molecule has 2 aromatic rings. The number of nitrogens with one attached hydrogen (secondary N) is 1. The highest BCUT2D eigenvalue weighted by Gasteiger charge is 2.31. The smallest absolute Gasteiger partial charge is 0.417 e. The van der Waals surface area contributed by atoms with Crippen LogP contribution in [0.4, 0.5) is 19.0 Å². The Kier molecular flexibility index (Phi) is 6.85. The lowest BCUT2D eigenvalue weighted by Gasteiger charge is -2.11. The molecule has 1 aromatic heterocycles. The third-order valence-corrected chi connectivity index (χ3v) is 3.63. The Morgan fingerprint density at radius 2 is 1.75 bits per heavy atom. The third kappa shape index (κ3) is 6.41. The van der Waals surface area contributed by atoms with Crippen molar-refractivity contribution in [2.45, 2.75) is 20.0 Å². The van der Waals surface area contributed by atoms with E-state index >= 15 is 0 Å². The first kappa shape index (κ1) is 21.5. The van der Waals surface area contributed by atoms with E-state index in [1.54, 1.807) is 12.1 Å². The summed E-state index contributed by atoms with van der Waals surface area (Å²) in [5.41, 5.74) is 0.873. The summed E-state index contributed by atoms with van der Waals surface area (Å²) in [7, 11) is 0. The van der Waals surface area contributed by atoms with Crippen LogP contribution in [-0.2, 0) is 20.5 Å². The highest BCUT2D eigenvalue weighted by Crippen LogP contribution is 2.32. The van der Waals surface area contributed by atoms with Gasteiger partial charge in [0.15, 0.2) is 19.0 Å². The number of carbonyl (C=O) groups is 2. The highest BCUT2D eigenvalue weighted by atomic mass is 35.5. The van der Waals surface area contributed by atoms with E-state index in [0.29, 0.717) is 18.0 Å². The lowest BCUT2D eigenvalue weighted by molar-refractivity contribution is -0.149. The van der Waals surface area contributed by atoms with Gasteiger partial charge in [-0.1, -0.05) is 17.7 Å². The van der Waals surface area contributed by atoms with Crippen molar-refractivity contribution in [3.63, 3.8) is 0 Å². The van der Waals surface area contributed by atoms with Gasteiger partial charge in [-0.15, -0.1) is 0 Å². The predicted molar refractivity (Wildman–Crippen MR) is 95.2 cm³/mol. The largest absolute Gasteiger partial charge is 0.482 e. The number of amides is 1. The maximum atomic E-state index is 12.6. The minimum atomic E-state index is -4.61. The van der Waals surface area contributed by atoms with Gasteiger partial charge in [0.2, 0.25) is 0 Å². The van der Waals surface area contributed by atoms with Crippen molar-refractivity contribution in [1.29, 1.82) is 0 Å². The van der Waals surface area contributed by atoms with Crippen molar-refractivity contribution in [2.75, 3.05) is 18.5 Å². The molecule has 1 aromatic carbocycles. The first-order valence-electron chi connectivity index (χ1n) is 7.94. The summed E-state index contributed by atoms with van der Waals surface area (Å²) in [6.45, 7) is 2.68. The summed E-state index contributed by atoms with van der Waals surface area (Å²) in [5.74, 6) is -1.39. The SMILES string of the molecule is Cc1cc(C)cc(OCC(=O)OCC(=O)Nc2ncc(C(F)(F)F)cc2Cl)c1. The molecule has 28 heavy (non-hydrogen) atoms. The first-order chi connectivity index (χ1) is 13.0. The van der Waals surface area contributed by atoms with Gasteiger partial charge < -0.3 is 14.8 Å². The number of esters is 1. The number of hydrogen-bond acceptors (Lipinski definition) is 5. The number of halogens is 4. The maximum Gasteiger partial charge on any atom is 0.417 e. The molecule has 6 nitrogen and oxygen atoms in total. The van der Waals surface area contributed by atoms with Crippen LogP contribution in [0.1, 0.15) is 16.7 Å². The van der Waals surface area contributed by atoms with Crippen molar-refractivity contribution < 1.29 is 32.2 Å². The van der Waals surface area contributed by atoms with Crippen LogP contribution in [0.15, 0.2) is 30.5 Å². The normalized spacial score (nSPS) is 11.1. The Labute approximate surface area is 163 Å². The second kappa shape index (κ2) is 8.92. The van der Waals surface area contributed by atoms with E-state index in [-0.39, 0.29) is 5.82 Å². The zero-order valence-corrected chi connectivity index (χ0v) is 15.6. The van der Waals surface area contributed by atoms with Gasteiger partial charge in [0, 0.05) is 6.20 Å². The number of ether oxygens (including phenoxy) is 2. The van der Waals surface area contributed by atoms with E-state index < -0.39 is 41.9 Å². The number of aromatic nitrogens is 1. The molecule has 10 heteroatoms. The van der Waals surface area contributed by atoms with Crippen LogP contribution in [0, 0.1) is 13.8 Å². The van der Waals surface area contributed by atoms with E-state index in [0.717, 1.165) is 11.1 Å². The van der Waals surface area contributed by atoms with Crippen LogP contribution in [0.5, 0.6) is 5.75 Å². The average molecular weight is 417 g/mol. The number of carbonyl (C=O) groups excluding carboxylic acids is 2. The van der Waals surface area contributed by atoms with Crippen molar-refractivity contribution in [3.8, 4) is 5.75 Å². The van der Waals surface area contributed by atoms with Gasteiger partial charge in [0.05, 0.1) is 10.6 Å². The molecule has 0 saturated heterocycles. The Morgan fingerprint density at radius 3 is 2.32 bits per heavy atom. The highest BCUT2D eigenvalue weighted by molar-refractivity contribution is 6.33. The molecule has 0 fully saturated rings. The Bertz CT molecular complexity index is 867. The molecule has 0 atom stereocenters. The molecule has 0 saturated carbocycles. The molecule has 150 valence electrons. The van der Waals surface area contributed by atoms with Crippen LogP contribution < -0.4 is 10.1 Å². The van der Waals surface area contributed by atoms with E-state index in [9.17, 15) is 22.8 Å². The van der Waals surface area contributed by atoms with E-state index in [1.807, 2.05) is 19.9 Å². The van der Waals surface area contributed by atoms with E-state index in [4.69, 9.17) is 21.1 Å². The number of aryl methyl sites for hydroxylation is 2. The number of alkyl halides is 3. The van der Waals surface area contributed by atoms with Gasteiger partial charge in [-0.05, 0) is 43.2 Å². The standard InChI is InChI=1S/C18H16ClF3N2O4/c1-10-3-11(2)5-13(4-10)27-9-16(26)28-8-15(25)24-17-14(19)6-12(7-23-17)18(20,21)22/h3-7H,8-9H2,1-2H3,(H,23,24,25). The number of benzene rings is 1. The van der Waals surface area contributed by atoms with Crippen molar-refractivity contribution in [1.82, 2.24) is 4.98 Å². The molecule has 0 bridgehead atoms. The van der Waals surface area contributed by atoms with Crippen LogP contribution in [0.3, 0.4) is 0 Å². The summed E-state index contributed by atoms with van der Waals surface area (Å²) < 4.78 is 47.7. The molecule has 1 N–H and O–H groups in total. The number of anilines is 1. The number of nitrogens with zero attached hydrogens (tertiary/aromatic N) is 1. The summed E-state index contributed by atoms with van der Waals surface area (Å²) >= 11 is 5.68. The summed E-state index contributed by atoms with van der Waals surface area (Å²) in [6, 6.07) is 6.06. The van der Waals surface area contributed by atoms with Gasteiger partial charge in [0.25, 0.3) is 5.91 Å². The minimum Gasteiger partial charge on any atom is -0.482 e.